The molecule has 0 saturated heterocycles. The first kappa shape index (κ1) is 15.6. The third-order valence-electron chi connectivity index (χ3n) is 4.70. The zero-order chi connectivity index (χ0) is 16.7. The molecule has 0 radical (unpaired) electrons. The summed E-state index contributed by atoms with van der Waals surface area (Å²) in [6.45, 7) is 0.802. The van der Waals surface area contributed by atoms with Crippen LogP contribution in [0.5, 0.6) is 0 Å². The number of rotatable bonds is 6. The van der Waals surface area contributed by atoms with Gasteiger partial charge in [-0.3, -0.25) is 4.79 Å². The Kier molecular flexibility index (Phi) is 4.04. The fourth-order valence-electron chi connectivity index (χ4n) is 2.98. The Balaban J connectivity index is 1.54. The van der Waals surface area contributed by atoms with Gasteiger partial charge in [-0.25, -0.2) is 9.37 Å². The van der Waals surface area contributed by atoms with E-state index in [2.05, 4.69) is 4.98 Å². The molecule has 0 unspecified atom stereocenters. The molecule has 24 heavy (non-hydrogen) atoms. The number of amides is 1. The lowest BCUT2D eigenvalue weighted by Crippen LogP contribution is -2.34. The highest BCUT2D eigenvalue weighted by atomic mass is 35.5. The highest BCUT2D eigenvalue weighted by Crippen LogP contribution is 2.36. The second kappa shape index (κ2) is 6.20. The maximum absolute atomic E-state index is 14.0. The minimum absolute atomic E-state index is 0.204. The Morgan fingerprint density at radius 3 is 2.79 bits per heavy atom. The predicted octanol–water partition coefficient (Wildman–Crippen LogP) is 3.62. The lowest BCUT2D eigenvalue weighted by Gasteiger charge is -2.22. The van der Waals surface area contributed by atoms with Crippen LogP contribution in [0.15, 0.2) is 30.6 Å². The largest absolute Gasteiger partial charge is 0.332 e. The van der Waals surface area contributed by atoms with E-state index in [0.29, 0.717) is 29.7 Å². The molecule has 0 bridgehead atoms. The molecule has 2 fully saturated rings. The second-order valence-corrected chi connectivity index (χ2v) is 7.05. The molecule has 0 aliphatic heterocycles. The molecule has 4 rings (SSSR count). The van der Waals surface area contributed by atoms with E-state index in [1.165, 1.54) is 6.07 Å². The Morgan fingerprint density at radius 2 is 2.12 bits per heavy atom. The Hall–Kier alpha value is -1.88. The normalized spacial score (nSPS) is 17.1. The van der Waals surface area contributed by atoms with Gasteiger partial charge in [0, 0.05) is 34.9 Å². The van der Waals surface area contributed by atoms with E-state index in [1.807, 2.05) is 15.7 Å². The number of aromatic nitrogens is 2. The van der Waals surface area contributed by atoms with E-state index in [-0.39, 0.29) is 17.6 Å². The average Bonchev–Trinajstić information content (AvgIpc) is 3.46. The average molecular weight is 348 g/mol. The third-order valence-corrected chi connectivity index (χ3v) is 5.06. The van der Waals surface area contributed by atoms with Gasteiger partial charge in [0.25, 0.3) is 0 Å². The van der Waals surface area contributed by atoms with Crippen LogP contribution in [-0.2, 0) is 17.9 Å². The van der Waals surface area contributed by atoms with E-state index in [0.717, 1.165) is 31.5 Å². The van der Waals surface area contributed by atoms with Crippen LogP contribution in [0.3, 0.4) is 0 Å². The van der Waals surface area contributed by atoms with Gasteiger partial charge >= 0.3 is 0 Å². The monoisotopic (exact) mass is 347 g/mol. The number of nitrogens with zero attached hydrogens (tertiary/aromatic N) is 3. The summed E-state index contributed by atoms with van der Waals surface area (Å²) in [5.74, 6) is 0.900. The molecular formula is C18H19ClFN3O. The van der Waals surface area contributed by atoms with E-state index >= 15 is 0 Å². The molecule has 2 aliphatic carbocycles. The van der Waals surface area contributed by atoms with Gasteiger partial charge < -0.3 is 9.47 Å². The lowest BCUT2D eigenvalue weighted by molar-refractivity contribution is -0.133. The SMILES string of the molecule is O=C(C1CC1)N(Cc1nccn1Cc1c(F)cccc1Cl)C1CC1. The van der Waals surface area contributed by atoms with Crippen LogP contribution in [-0.4, -0.2) is 26.4 Å². The summed E-state index contributed by atoms with van der Waals surface area (Å²) in [4.78, 5) is 18.8. The van der Waals surface area contributed by atoms with Crippen molar-refractivity contribution < 1.29 is 9.18 Å². The zero-order valence-corrected chi connectivity index (χ0v) is 14.0. The Bertz CT molecular complexity index is 747. The van der Waals surface area contributed by atoms with Crippen molar-refractivity contribution in [3.8, 4) is 0 Å². The number of hydrogen-bond acceptors (Lipinski definition) is 2. The number of carbonyl (C=O) groups excluding carboxylic acids is 1. The maximum atomic E-state index is 14.0. The van der Waals surface area contributed by atoms with Crippen LogP contribution in [0.25, 0.3) is 0 Å². The molecule has 1 aromatic heterocycles. The number of carbonyl (C=O) groups is 1. The quantitative estimate of drug-likeness (QED) is 0.800. The van der Waals surface area contributed by atoms with E-state index in [1.54, 1.807) is 18.3 Å². The molecule has 2 aromatic rings. The van der Waals surface area contributed by atoms with Gasteiger partial charge in [0.2, 0.25) is 5.91 Å². The van der Waals surface area contributed by atoms with Crippen LogP contribution in [0, 0.1) is 11.7 Å². The third kappa shape index (κ3) is 3.18. The number of imidazole rings is 1. The van der Waals surface area contributed by atoms with Crippen molar-refractivity contribution in [1.82, 2.24) is 14.5 Å². The van der Waals surface area contributed by atoms with Crippen LogP contribution < -0.4 is 0 Å². The number of hydrogen-bond donors (Lipinski definition) is 0. The summed E-state index contributed by atoms with van der Waals surface area (Å²) in [7, 11) is 0. The smallest absolute Gasteiger partial charge is 0.226 e. The minimum atomic E-state index is -0.324. The van der Waals surface area contributed by atoms with Crippen LogP contribution in [0.2, 0.25) is 5.02 Å². The predicted molar refractivity (Wildman–Crippen MR) is 89.0 cm³/mol. The standard InChI is InChI=1S/C18H19ClFN3O/c19-15-2-1-3-16(20)14(15)10-22-9-8-21-17(22)11-23(13-6-7-13)18(24)12-4-5-12/h1-3,8-9,12-13H,4-7,10-11H2. The summed E-state index contributed by atoms with van der Waals surface area (Å²) in [6, 6.07) is 5.04. The topological polar surface area (TPSA) is 38.1 Å². The van der Waals surface area contributed by atoms with Crippen LogP contribution >= 0.6 is 11.6 Å². The van der Waals surface area contributed by atoms with E-state index in [9.17, 15) is 9.18 Å². The van der Waals surface area contributed by atoms with Crippen molar-refractivity contribution in [2.75, 3.05) is 0 Å². The molecule has 0 N–H and O–H groups in total. The molecule has 4 nitrogen and oxygen atoms in total. The van der Waals surface area contributed by atoms with Crippen molar-refractivity contribution >= 4 is 17.5 Å². The molecule has 126 valence electrons. The van der Waals surface area contributed by atoms with Gasteiger partial charge in [0.1, 0.15) is 11.6 Å². The molecule has 0 atom stereocenters. The molecule has 2 aliphatic rings. The van der Waals surface area contributed by atoms with Crippen LogP contribution in [0.4, 0.5) is 4.39 Å². The van der Waals surface area contributed by atoms with Gasteiger partial charge in [0.05, 0.1) is 13.1 Å². The molecule has 1 aromatic carbocycles. The summed E-state index contributed by atoms with van der Waals surface area (Å²) < 4.78 is 15.9. The van der Waals surface area contributed by atoms with Crippen molar-refractivity contribution in [2.24, 2.45) is 5.92 Å². The van der Waals surface area contributed by atoms with Crippen molar-refractivity contribution in [3.05, 3.63) is 52.8 Å². The summed E-state index contributed by atoms with van der Waals surface area (Å²) in [6.07, 6.45) is 7.64. The van der Waals surface area contributed by atoms with Gasteiger partial charge in [-0.1, -0.05) is 17.7 Å². The highest BCUT2D eigenvalue weighted by Gasteiger charge is 2.40. The fourth-order valence-corrected chi connectivity index (χ4v) is 3.20. The molecule has 2 saturated carbocycles. The first-order valence-electron chi connectivity index (χ1n) is 8.37. The number of halogens is 2. The Labute approximate surface area is 145 Å². The van der Waals surface area contributed by atoms with Crippen LogP contribution in [0.1, 0.15) is 37.1 Å². The molecule has 1 amide bonds. The van der Waals surface area contributed by atoms with Gasteiger partial charge in [-0.15, -0.1) is 0 Å². The first-order chi connectivity index (χ1) is 11.6. The zero-order valence-electron chi connectivity index (χ0n) is 13.3. The maximum Gasteiger partial charge on any atom is 0.226 e. The second-order valence-electron chi connectivity index (χ2n) is 6.64. The van der Waals surface area contributed by atoms with Gasteiger partial charge in [-0.2, -0.15) is 0 Å². The van der Waals surface area contributed by atoms with Gasteiger partial charge in [-0.05, 0) is 37.8 Å². The lowest BCUT2D eigenvalue weighted by atomic mass is 10.2. The fraction of sp³-hybridized carbons (Fsp3) is 0.444. The summed E-state index contributed by atoms with van der Waals surface area (Å²) in [5.41, 5.74) is 0.449. The van der Waals surface area contributed by atoms with Gasteiger partial charge in [0.15, 0.2) is 0 Å². The van der Waals surface area contributed by atoms with Crippen molar-refractivity contribution in [3.63, 3.8) is 0 Å². The Morgan fingerprint density at radius 1 is 1.33 bits per heavy atom. The molecule has 6 heteroatoms. The van der Waals surface area contributed by atoms with Crippen molar-refractivity contribution in [2.45, 2.75) is 44.8 Å². The number of benzene rings is 1. The van der Waals surface area contributed by atoms with E-state index < -0.39 is 0 Å². The molecular weight excluding hydrogens is 329 g/mol. The summed E-state index contributed by atoms with van der Waals surface area (Å²) >= 11 is 6.13. The van der Waals surface area contributed by atoms with E-state index in [4.69, 9.17) is 11.6 Å². The van der Waals surface area contributed by atoms with Crippen molar-refractivity contribution in [1.29, 1.82) is 0 Å². The molecule has 0 spiro atoms. The summed E-state index contributed by atoms with van der Waals surface area (Å²) in [5, 5.41) is 0.405. The first-order valence-corrected chi connectivity index (χ1v) is 8.74. The minimum Gasteiger partial charge on any atom is -0.332 e. The molecule has 1 heterocycles. The highest BCUT2D eigenvalue weighted by molar-refractivity contribution is 6.31.